The summed E-state index contributed by atoms with van der Waals surface area (Å²) in [7, 11) is 0. The normalized spacial score (nSPS) is 10.2. The standard InChI is InChI=1S/C13H12ClN5O3S/c1-6(20)22-12-8(10(15)21)11(18-13(19-12)23-2)17-7-4-3-5-16-9(7)14/h3-5H,1-2H3,(H2,15,21)(H,17,18,19). The van der Waals surface area contributed by atoms with Gasteiger partial charge in [0.1, 0.15) is 5.56 Å². The predicted octanol–water partition coefficient (Wildman–Crippen LogP) is 2.01. The van der Waals surface area contributed by atoms with Crippen LogP contribution in [0, 0.1) is 0 Å². The van der Waals surface area contributed by atoms with E-state index in [1.165, 1.54) is 24.9 Å². The number of amides is 1. The molecule has 0 aliphatic carbocycles. The third-order valence-corrected chi connectivity index (χ3v) is 3.39. The van der Waals surface area contributed by atoms with Gasteiger partial charge in [0.25, 0.3) is 5.91 Å². The van der Waals surface area contributed by atoms with Gasteiger partial charge in [0.2, 0.25) is 5.88 Å². The summed E-state index contributed by atoms with van der Waals surface area (Å²) in [6.07, 6.45) is 3.25. The topological polar surface area (TPSA) is 120 Å². The van der Waals surface area contributed by atoms with E-state index in [-0.39, 0.29) is 27.6 Å². The molecule has 0 saturated heterocycles. The summed E-state index contributed by atoms with van der Waals surface area (Å²) in [6.45, 7) is 1.19. The number of nitrogens with zero attached hydrogens (tertiary/aromatic N) is 3. The van der Waals surface area contributed by atoms with Crippen LogP contribution >= 0.6 is 23.4 Å². The number of esters is 1. The van der Waals surface area contributed by atoms with Crippen molar-refractivity contribution in [1.82, 2.24) is 15.0 Å². The second-order valence-corrected chi connectivity index (χ2v) is 5.30. The van der Waals surface area contributed by atoms with Crippen molar-refractivity contribution in [3.8, 4) is 5.88 Å². The Morgan fingerprint density at radius 3 is 2.70 bits per heavy atom. The van der Waals surface area contributed by atoms with Crippen molar-refractivity contribution >= 4 is 46.7 Å². The second kappa shape index (κ2) is 7.25. The molecule has 0 radical (unpaired) electrons. The summed E-state index contributed by atoms with van der Waals surface area (Å²) in [5, 5.41) is 3.33. The minimum atomic E-state index is -0.851. The number of anilines is 2. The maximum Gasteiger partial charge on any atom is 0.309 e. The van der Waals surface area contributed by atoms with Crippen LogP contribution in [-0.2, 0) is 4.79 Å². The zero-order chi connectivity index (χ0) is 17.0. The number of ether oxygens (including phenoxy) is 1. The fourth-order valence-corrected chi connectivity index (χ4v) is 2.16. The minimum absolute atomic E-state index is 0.0722. The van der Waals surface area contributed by atoms with Crippen LogP contribution in [0.15, 0.2) is 23.5 Å². The van der Waals surface area contributed by atoms with Crippen LogP contribution in [0.4, 0.5) is 11.5 Å². The highest BCUT2D eigenvalue weighted by molar-refractivity contribution is 7.98. The molecule has 3 N–H and O–H groups in total. The van der Waals surface area contributed by atoms with Gasteiger partial charge in [-0.3, -0.25) is 9.59 Å². The SMILES string of the molecule is CSc1nc(Nc2cccnc2Cl)c(C(N)=O)c(OC(C)=O)n1. The molecule has 0 spiro atoms. The number of hydrogen-bond donors (Lipinski definition) is 2. The Bertz CT molecular complexity index is 771. The van der Waals surface area contributed by atoms with Gasteiger partial charge in [0, 0.05) is 13.1 Å². The van der Waals surface area contributed by atoms with E-state index in [9.17, 15) is 9.59 Å². The Balaban J connectivity index is 2.58. The van der Waals surface area contributed by atoms with Gasteiger partial charge in [-0.2, -0.15) is 4.98 Å². The van der Waals surface area contributed by atoms with E-state index < -0.39 is 11.9 Å². The highest BCUT2D eigenvalue weighted by Crippen LogP contribution is 2.30. The number of rotatable bonds is 5. The van der Waals surface area contributed by atoms with Crippen molar-refractivity contribution < 1.29 is 14.3 Å². The lowest BCUT2D eigenvalue weighted by molar-refractivity contribution is -0.132. The molecule has 0 saturated carbocycles. The first-order valence-electron chi connectivity index (χ1n) is 6.24. The molecular formula is C13H12ClN5O3S. The van der Waals surface area contributed by atoms with Gasteiger partial charge in [0.05, 0.1) is 5.69 Å². The quantitative estimate of drug-likeness (QED) is 0.362. The molecule has 8 nitrogen and oxygen atoms in total. The van der Waals surface area contributed by atoms with Crippen molar-refractivity contribution in [3.05, 3.63) is 29.0 Å². The largest absolute Gasteiger partial charge is 0.407 e. The molecule has 0 unspecified atom stereocenters. The highest BCUT2D eigenvalue weighted by atomic mass is 35.5. The first kappa shape index (κ1) is 17.0. The number of nitrogens with one attached hydrogen (secondary N) is 1. The van der Waals surface area contributed by atoms with Crippen molar-refractivity contribution in [1.29, 1.82) is 0 Å². The van der Waals surface area contributed by atoms with E-state index in [1.807, 2.05) is 0 Å². The van der Waals surface area contributed by atoms with E-state index in [1.54, 1.807) is 18.4 Å². The van der Waals surface area contributed by atoms with Crippen LogP contribution in [-0.4, -0.2) is 33.1 Å². The Morgan fingerprint density at radius 2 is 2.13 bits per heavy atom. The summed E-state index contributed by atoms with van der Waals surface area (Å²) in [6, 6.07) is 3.30. The number of halogens is 1. The van der Waals surface area contributed by atoms with E-state index in [0.717, 1.165) is 0 Å². The van der Waals surface area contributed by atoms with Gasteiger partial charge in [-0.15, -0.1) is 0 Å². The zero-order valence-corrected chi connectivity index (χ0v) is 13.7. The Kier molecular flexibility index (Phi) is 5.35. The molecule has 10 heteroatoms. The van der Waals surface area contributed by atoms with Crippen LogP contribution in [0.5, 0.6) is 5.88 Å². The lowest BCUT2D eigenvalue weighted by atomic mass is 10.2. The van der Waals surface area contributed by atoms with Crippen molar-refractivity contribution in [3.63, 3.8) is 0 Å². The van der Waals surface area contributed by atoms with Gasteiger partial charge in [-0.1, -0.05) is 23.4 Å². The van der Waals surface area contributed by atoms with Gasteiger partial charge in [-0.05, 0) is 18.4 Å². The van der Waals surface area contributed by atoms with E-state index in [2.05, 4.69) is 20.3 Å². The molecule has 0 atom stereocenters. The molecule has 0 fully saturated rings. The van der Waals surface area contributed by atoms with Crippen molar-refractivity contribution in [2.75, 3.05) is 11.6 Å². The lowest BCUT2D eigenvalue weighted by Gasteiger charge is -2.13. The lowest BCUT2D eigenvalue weighted by Crippen LogP contribution is -2.19. The molecule has 2 heterocycles. The maximum absolute atomic E-state index is 11.8. The van der Waals surface area contributed by atoms with E-state index in [4.69, 9.17) is 22.1 Å². The van der Waals surface area contributed by atoms with Crippen LogP contribution < -0.4 is 15.8 Å². The van der Waals surface area contributed by atoms with E-state index >= 15 is 0 Å². The number of primary amides is 1. The van der Waals surface area contributed by atoms with Gasteiger partial charge >= 0.3 is 5.97 Å². The molecule has 2 aromatic rings. The summed E-state index contributed by atoms with van der Waals surface area (Å²) in [5.74, 6) is -1.63. The third kappa shape index (κ3) is 4.08. The first-order chi connectivity index (χ1) is 10.9. The second-order valence-electron chi connectivity index (χ2n) is 4.16. The first-order valence-corrected chi connectivity index (χ1v) is 7.84. The van der Waals surface area contributed by atoms with Gasteiger partial charge in [0.15, 0.2) is 16.1 Å². The molecule has 2 rings (SSSR count). The Morgan fingerprint density at radius 1 is 1.39 bits per heavy atom. The average molecular weight is 354 g/mol. The predicted molar refractivity (Wildman–Crippen MR) is 86.2 cm³/mol. The minimum Gasteiger partial charge on any atom is -0.407 e. The number of hydrogen-bond acceptors (Lipinski definition) is 8. The monoisotopic (exact) mass is 353 g/mol. The number of thioether (sulfide) groups is 1. The number of nitrogens with two attached hydrogens (primary N) is 1. The summed E-state index contributed by atoms with van der Waals surface area (Å²) in [4.78, 5) is 35.1. The number of carbonyl (C=O) groups excluding carboxylic acids is 2. The van der Waals surface area contributed by atoms with Crippen LogP contribution in [0.25, 0.3) is 0 Å². The molecule has 120 valence electrons. The highest BCUT2D eigenvalue weighted by Gasteiger charge is 2.22. The molecule has 0 bridgehead atoms. The number of pyridine rings is 1. The molecule has 1 amide bonds. The van der Waals surface area contributed by atoms with Crippen LogP contribution in [0.3, 0.4) is 0 Å². The number of aromatic nitrogens is 3. The van der Waals surface area contributed by atoms with Gasteiger partial charge < -0.3 is 15.8 Å². The fraction of sp³-hybridized carbons (Fsp3) is 0.154. The van der Waals surface area contributed by atoms with Crippen LogP contribution in [0.1, 0.15) is 17.3 Å². The smallest absolute Gasteiger partial charge is 0.309 e. The van der Waals surface area contributed by atoms with Gasteiger partial charge in [-0.25, -0.2) is 9.97 Å². The van der Waals surface area contributed by atoms with E-state index in [0.29, 0.717) is 5.69 Å². The maximum atomic E-state index is 11.8. The van der Waals surface area contributed by atoms with Crippen LogP contribution in [0.2, 0.25) is 5.15 Å². The molecule has 0 aliphatic rings. The van der Waals surface area contributed by atoms with Crippen molar-refractivity contribution in [2.45, 2.75) is 12.1 Å². The Labute approximate surface area is 140 Å². The Hall–Kier alpha value is -2.39. The number of carbonyl (C=O) groups is 2. The molecule has 23 heavy (non-hydrogen) atoms. The zero-order valence-electron chi connectivity index (χ0n) is 12.2. The van der Waals surface area contributed by atoms with Crippen molar-refractivity contribution in [2.24, 2.45) is 5.73 Å². The molecule has 0 aliphatic heterocycles. The third-order valence-electron chi connectivity index (χ3n) is 2.54. The summed E-state index contributed by atoms with van der Waals surface area (Å²) in [5.41, 5.74) is 5.63. The fourth-order valence-electron chi connectivity index (χ4n) is 1.64. The summed E-state index contributed by atoms with van der Waals surface area (Å²) < 4.78 is 4.96. The average Bonchev–Trinajstić information content (AvgIpc) is 2.48. The molecule has 2 aromatic heterocycles. The molecular weight excluding hydrogens is 342 g/mol. The molecule has 0 aromatic carbocycles. The summed E-state index contributed by atoms with van der Waals surface area (Å²) >= 11 is 7.19.